The van der Waals surface area contributed by atoms with Crippen molar-refractivity contribution in [2.75, 3.05) is 11.9 Å². The van der Waals surface area contributed by atoms with Crippen LogP contribution < -0.4 is 5.32 Å². The van der Waals surface area contributed by atoms with Crippen LogP contribution >= 0.6 is 15.9 Å². The minimum atomic E-state index is -1.07. The summed E-state index contributed by atoms with van der Waals surface area (Å²) in [5.74, 6) is -2.36. The molecule has 1 saturated carbocycles. The average Bonchev–Trinajstić information content (AvgIpc) is 3.13. The zero-order valence-corrected chi connectivity index (χ0v) is 16.0. The van der Waals surface area contributed by atoms with Gasteiger partial charge in [0, 0.05) is 10.0 Å². The first-order valence-electron chi connectivity index (χ1n) is 8.59. The minimum absolute atomic E-state index is 0.0102. The molecule has 7 heteroatoms. The smallest absolute Gasteiger partial charge is 0.317 e. The van der Waals surface area contributed by atoms with Crippen molar-refractivity contribution in [3.63, 3.8) is 0 Å². The summed E-state index contributed by atoms with van der Waals surface area (Å²) in [7, 11) is 0. The van der Waals surface area contributed by atoms with Gasteiger partial charge in [0.1, 0.15) is 11.6 Å². The number of esters is 1. The molecule has 4 nitrogen and oxygen atoms in total. The van der Waals surface area contributed by atoms with Crippen LogP contribution in [0.1, 0.15) is 31.2 Å². The van der Waals surface area contributed by atoms with Crippen molar-refractivity contribution >= 4 is 33.5 Å². The summed E-state index contributed by atoms with van der Waals surface area (Å²) >= 11 is 3.13. The highest BCUT2D eigenvalue weighted by atomic mass is 79.9. The second-order valence-electron chi connectivity index (χ2n) is 6.52. The number of carbonyl (C=O) groups is 2. The molecular formula is C20H18BrF2NO3. The summed E-state index contributed by atoms with van der Waals surface area (Å²) in [4.78, 5) is 24.8. The molecule has 0 radical (unpaired) electrons. The van der Waals surface area contributed by atoms with Crippen LogP contribution in [-0.4, -0.2) is 18.5 Å². The lowest BCUT2D eigenvalue weighted by molar-refractivity contribution is -0.153. The third-order valence-corrected chi connectivity index (χ3v) is 5.27. The Morgan fingerprint density at radius 1 is 1.07 bits per heavy atom. The topological polar surface area (TPSA) is 55.4 Å². The van der Waals surface area contributed by atoms with Crippen molar-refractivity contribution in [2.45, 2.75) is 31.1 Å². The number of nitrogens with one attached hydrogen (secondary N) is 1. The van der Waals surface area contributed by atoms with Gasteiger partial charge in [0.25, 0.3) is 5.91 Å². The monoisotopic (exact) mass is 437 g/mol. The molecule has 0 saturated heterocycles. The number of anilines is 1. The molecule has 0 heterocycles. The van der Waals surface area contributed by atoms with Crippen LogP contribution in [0.3, 0.4) is 0 Å². The van der Waals surface area contributed by atoms with E-state index < -0.39 is 35.5 Å². The Bertz CT molecular complexity index is 866. The first-order chi connectivity index (χ1) is 12.9. The van der Waals surface area contributed by atoms with Crippen molar-refractivity contribution in [3.8, 4) is 0 Å². The molecule has 1 aliphatic carbocycles. The second kappa shape index (κ2) is 8.17. The van der Waals surface area contributed by atoms with Crippen molar-refractivity contribution in [1.29, 1.82) is 0 Å². The second-order valence-corrected chi connectivity index (χ2v) is 7.43. The Balaban J connectivity index is 1.68. The van der Waals surface area contributed by atoms with E-state index in [0.29, 0.717) is 22.9 Å². The Kier molecular flexibility index (Phi) is 5.89. The molecule has 0 aromatic heterocycles. The SMILES string of the molecule is O=C(COC(=O)C1(c2ccccc2F)CCCC1)Nc1ccc(Br)cc1F. The third kappa shape index (κ3) is 4.18. The normalized spacial score (nSPS) is 15.4. The number of ether oxygens (including phenoxy) is 1. The number of carbonyl (C=O) groups excluding carboxylic acids is 2. The van der Waals surface area contributed by atoms with E-state index in [9.17, 15) is 18.4 Å². The zero-order valence-electron chi connectivity index (χ0n) is 14.4. The van der Waals surface area contributed by atoms with E-state index in [-0.39, 0.29) is 5.69 Å². The number of hydrogen-bond acceptors (Lipinski definition) is 3. The maximum absolute atomic E-state index is 14.3. The molecule has 142 valence electrons. The molecule has 3 rings (SSSR count). The van der Waals surface area contributed by atoms with Crippen LogP contribution in [0.5, 0.6) is 0 Å². The molecular weight excluding hydrogens is 420 g/mol. The van der Waals surface area contributed by atoms with E-state index in [1.165, 1.54) is 18.2 Å². The summed E-state index contributed by atoms with van der Waals surface area (Å²) < 4.78 is 33.8. The van der Waals surface area contributed by atoms with Crippen LogP contribution in [0.15, 0.2) is 46.9 Å². The fourth-order valence-electron chi connectivity index (χ4n) is 3.46. The van der Waals surface area contributed by atoms with Crippen LogP contribution in [0.2, 0.25) is 0 Å². The van der Waals surface area contributed by atoms with E-state index in [1.807, 2.05) is 0 Å². The van der Waals surface area contributed by atoms with E-state index in [1.54, 1.807) is 24.3 Å². The van der Waals surface area contributed by atoms with Gasteiger partial charge in [-0.3, -0.25) is 9.59 Å². The summed E-state index contributed by atoms with van der Waals surface area (Å²) in [5.41, 5.74) is -0.787. The molecule has 0 spiro atoms. The van der Waals surface area contributed by atoms with Gasteiger partial charge in [-0.15, -0.1) is 0 Å². The average molecular weight is 438 g/mol. The largest absolute Gasteiger partial charge is 0.455 e. The predicted molar refractivity (Wildman–Crippen MR) is 100 cm³/mol. The minimum Gasteiger partial charge on any atom is -0.455 e. The quantitative estimate of drug-likeness (QED) is 0.688. The van der Waals surface area contributed by atoms with Crippen LogP contribution in [0, 0.1) is 11.6 Å². The molecule has 1 N–H and O–H groups in total. The number of benzene rings is 2. The fraction of sp³-hybridized carbons (Fsp3) is 0.300. The number of hydrogen-bond donors (Lipinski definition) is 1. The molecule has 1 aliphatic rings. The molecule has 2 aromatic rings. The maximum atomic E-state index is 14.3. The van der Waals surface area contributed by atoms with Gasteiger partial charge in [0.2, 0.25) is 0 Å². The Morgan fingerprint density at radius 2 is 1.78 bits per heavy atom. The molecule has 1 fully saturated rings. The summed E-state index contributed by atoms with van der Waals surface area (Å²) in [6.07, 6.45) is 2.49. The molecule has 27 heavy (non-hydrogen) atoms. The van der Waals surface area contributed by atoms with Gasteiger partial charge < -0.3 is 10.1 Å². The third-order valence-electron chi connectivity index (χ3n) is 4.78. The fourth-order valence-corrected chi connectivity index (χ4v) is 3.79. The van der Waals surface area contributed by atoms with Gasteiger partial charge in [-0.05, 0) is 37.1 Å². The van der Waals surface area contributed by atoms with Crippen molar-refractivity contribution in [3.05, 3.63) is 64.1 Å². The van der Waals surface area contributed by atoms with Crippen molar-refractivity contribution in [2.24, 2.45) is 0 Å². The van der Waals surface area contributed by atoms with E-state index in [4.69, 9.17) is 4.74 Å². The lowest BCUT2D eigenvalue weighted by atomic mass is 9.78. The highest BCUT2D eigenvalue weighted by Gasteiger charge is 2.45. The van der Waals surface area contributed by atoms with Gasteiger partial charge in [0.15, 0.2) is 6.61 Å². The molecule has 0 aliphatic heterocycles. The van der Waals surface area contributed by atoms with Gasteiger partial charge in [-0.25, -0.2) is 8.78 Å². The van der Waals surface area contributed by atoms with Crippen LogP contribution in [-0.2, 0) is 19.7 Å². The van der Waals surface area contributed by atoms with Crippen molar-refractivity contribution in [1.82, 2.24) is 0 Å². The van der Waals surface area contributed by atoms with Crippen molar-refractivity contribution < 1.29 is 23.1 Å². The van der Waals surface area contributed by atoms with Gasteiger partial charge in [-0.2, -0.15) is 0 Å². The number of amides is 1. The summed E-state index contributed by atoms with van der Waals surface area (Å²) in [6, 6.07) is 10.3. The number of rotatable bonds is 5. The number of halogens is 3. The van der Waals surface area contributed by atoms with E-state index in [0.717, 1.165) is 12.8 Å². The summed E-state index contributed by atoms with van der Waals surface area (Å²) in [5, 5.41) is 2.36. The molecule has 0 atom stereocenters. The lowest BCUT2D eigenvalue weighted by Crippen LogP contribution is -2.37. The van der Waals surface area contributed by atoms with Gasteiger partial charge >= 0.3 is 5.97 Å². The molecule has 0 unspecified atom stereocenters. The Hall–Kier alpha value is -2.28. The Labute approximate surface area is 164 Å². The van der Waals surface area contributed by atoms with E-state index in [2.05, 4.69) is 21.2 Å². The first kappa shape index (κ1) is 19.5. The highest BCUT2D eigenvalue weighted by Crippen LogP contribution is 2.43. The van der Waals surface area contributed by atoms with Crippen LogP contribution in [0.4, 0.5) is 14.5 Å². The van der Waals surface area contributed by atoms with Gasteiger partial charge in [0.05, 0.1) is 11.1 Å². The van der Waals surface area contributed by atoms with Gasteiger partial charge in [-0.1, -0.05) is 47.0 Å². The predicted octanol–water partition coefficient (Wildman–Crippen LogP) is 4.72. The molecule has 2 aromatic carbocycles. The molecule has 0 bridgehead atoms. The maximum Gasteiger partial charge on any atom is 0.317 e. The summed E-state index contributed by atoms with van der Waals surface area (Å²) in [6.45, 7) is -0.565. The van der Waals surface area contributed by atoms with Crippen LogP contribution in [0.25, 0.3) is 0 Å². The zero-order chi connectivity index (χ0) is 19.4. The lowest BCUT2D eigenvalue weighted by Gasteiger charge is -2.27. The van der Waals surface area contributed by atoms with E-state index >= 15 is 0 Å². The Morgan fingerprint density at radius 3 is 2.44 bits per heavy atom. The molecule has 1 amide bonds. The first-order valence-corrected chi connectivity index (χ1v) is 9.39. The standard InChI is InChI=1S/C20H18BrF2NO3/c21-13-7-8-17(16(23)11-13)24-18(25)12-27-19(26)20(9-3-4-10-20)14-5-1-2-6-15(14)22/h1-2,5-8,11H,3-4,9-10,12H2,(H,24,25). The highest BCUT2D eigenvalue weighted by molar-refractivity contribution is 9.10.